The first kappa shape index (κ1) is 63.6. The van der Waals surface area contributed by atoms with Crippen molar-refractivity contribution in [1.29, 1.82) is 0 Å². The summed E-state index contributed by atoms with van der Waals surface area (Å²) in [5.74, 6) is -7.94. The van der Waals surface area contributed by atoms with Crippen LogP contribution in [0.15, 0.2) is 65.4 Å². The van der Waals surface area contributed by atoms with Gasteiger partial charge in [-0.1, -0.05) is 13.8 Å². The maximum absolute atomic E-state index is 15.5. The number of esters is 1. The molecule has 24 heteroatoms. The third-order valence-corrected chi connectivity index (χ3v) is 14.9. The molecule has 2 fully saturated rings. The molecule has 0 atom stereocenters. The van der Waals surface area contributed by atoms with E-state index in [9.17, 15) is 50.6 Å². The number of benzene rings is 2. The molecule has 2 aromatic carbocycles. The summed E-state index contributed by atoms with van der Waals surface area (Å²) < 4.78 is 130. The van der Waals surface area contributed by atoms with Crippen LogP contribution in [0.3, 0.4) is 0 Å². The molecular weight excluding hydrogens is 1160 g/mol. The minimum Gasteiger partial charge on any atom is -0.478 e. The number of aromatic nitrogens is 3. The van der Waals surface area contributed by atoms with E-state index in [-0.39, 0.29) is 64.1 Å². The molecule has 81 heavy (non-hydrogen) atoms. The fraction of sp³-hybridized carbons (Fsp3) is 0.456. The number of rotatable bonds is 16. The molecule has 3 aromatic heterocycles. The second-order valence-corrected chi connectivity index (χ2v) is 21.9. The van der Waals surface area contributed by atoms with E-state index in [1.807, 2.05) is 0 Å². The molecule has 2 saturated carbocycles. The standard InChI is InChI=1S/C31H33BrF4N4O4.C26H29ClF4N2O4/c1-16(2)40(29(41)20-8-5-17(3)6-9-20)25-13-24(33)26(12-21(25)30(42)43)44-28-22(31(34,35)36)11-19(15-38-28)14-37-27-23(32)10-7-18(4)39-27;1-14(2)33(24(34)17-7-5-15(3)6-8-17)21-11-20(28)22(10-18(21)25(35)36-4)37-23-19(26(29,30)31)9-16(12-27)13-32-23/h7,10-13,15-17,20H,5-6,8-9,14H2,1-4H3,(H,37,39)(H,42,43);9-11,13-15,17H,5-8,12H2,1-4H3. The molecule has 0 aliphatic heterocycles. The summed E-state index contributed by atoms with van der Waals surface area (Å²) in [6, 6.07) is 7.58. The number of amides is 2. The second-order valence-electron chi connectivity index (χ2n) is 20.8. The van der Waals surface area contributed by atoms with Crippen molar-refractivity contribution in [3.05, 3.63) is 116 Å². The number of aromatic carboxylic acids is 1. The average molecular weight is 1230 g/mol. The van der Waals surface area contributed by atoms with E-state index in [2.05, 4.69) is 50.0 Å². The summed E-state index contributed by atoms with van der Waals surface area (Å²) >= 11 is 8.96. The number of carbonyl (C=O) groups excluding carboxylic acids is 3. The van der Waals surface area contributed by atoms with E-state index >= 15 is 8.78 Å². The molecule has 14 nitrogen and oxygen atoms in total. The van der Waals surface area contributed by atoms with Crippen LogP contribution in [0.5, 0.6) is 23.3 Å². The summed E-state index contributed by atoms with van der Waals surface area (Å²) in [6.45, 7) is 12.7. The van der Waals surface area contributed by atoms with Crippen molar-refractivity contribution in [1.82, 2.24) is 15.0 Å². The van der Waals surface area contributed by atoms with Crippen LogP contribution in [0.1, 0.15) is 142 Å². The Morgan fingerprint density at radius 3 is 1.56 bits per heavy atom. The number of alkyl halides is 7. The zero-order valence-corrected chi connectivity index (χ0v) is 48.0. The maximum Gasteiger partial charge on any atom is 0.421 e. The summed E-state index contributed by atoms with van der Waals surface area (Å²) in [7, 11) is 1.11. The van der Waals surface area contributed by atoms with Crippen LogP contribution < -0.4 is 24.6 Å². The molecule has 2 amide bonds. The molecule has 7 rings (SSSR count). The van der Waals surface area contributed by atoms with E-state index in [1.165, 1.54) is 9.80 Å². The van der Waals surface area contributed by atoms with E-state index in [4.69, 9.17) is 25.8 Å². The Labute approximate surface area is 477 Å². The van der Waals surface area contributed by atoms with E-state index in [0.717, 1.165) is 81.6 Å². The minimum atomic E-state index is -4.93. The first-order chi connectivity index (χ1) is 38.0. The van der Waals surface area contributed by atoms with E-state index in [1.54, 1.807) is 46.8 Å². The number of pyridine rings is 3. The Bertz CT molecular complexity index is 3100. The van der Waals surface area contributed by atoms with E-state index < -0.39 is 88.0 Å². The van der Waals surface area contributed by atoms with Crippen molar-refractivity contribution in [3.63, 3.8) is 0 Å². The molecule has 3 heterocycles. The third kappa shape index (κ3) is 15.9. The first-order valence-electron chi connectivity index (χ1n) is 26.1. The van der Waals surface area contributed by atoms with Gasteiger partial charge in [-0.25, -0.2) is 33.3 Å². The SMILES string of the molecule is COC(=O)c1cc(Oc2ncc(CCl)cc2C(F)(F)F)c(F)cc1N(C(=O)C1CCC(C)CC1)C(C)C.Cc1ccc(Br)c(NCc2cnc(Oc3cc(C(=O)O)c(N(C(=O)C4CCC(C)CC4)C(C)C)cc3F)c(C(F)(F)F)c2)n1. The Morgan fingerprint density at radius 1 is 0.704 bits per heavy atom. The van der Waals surface area contributed by atoms with Crippen molar-refractivity contribution in [2.24, 2.45) is 23.7 Å². The van der Waals surface area contributed by atoms with Crippen molar-refractivity contribution in [3.8, 4) is 23.3 Å². The van der Waals surface area contributed by atoms with Gasteiger partial charge in [0.15, 0.2) is 23.1 Å². The lowest BCUT2D eigenvalue weighted by atomic mass is 9.82. The van der Waals surface area contributed by atoms with Gasteiger partial charge in [0.2, 0.25) is 23.6 Å². The first-order valence-corrected chi connectivity index (χ1v) is 27.4. The Morgan fingerprint density at radius 2 is 1.14 bits per heavy atom. The smallest absolute Gasteiger partial charge is 0.421 e. The van der Waals surface area contributed by atoms with Gasteiger partial charge in [0.25, 0.3) is 0 Å². The highest BCUT2D eigenvalue weighted by Gasteiger charge is 2.40. The minimum absolute atomic E-state index is 0.0446. The van der Waals surface area contributed by atoms with Crippen LogP contribution in [0, 0.1) is 42.2 Å². The quantitative estimate of drug-likeness (QED) is 0.0545. The number of anilines is 3. The number of hydrogen-bond acceptors (Lipinski definition) is 11. The average Bonchev–Trinajstić information content (AvgIpc) is 3.40. The van der Waals surface area contributed by atoms with Crippen LogP contribution in [0.2, 0.25) is 0 Å². The highest BCUT2D eigenvalue weighted by molar-refractivity contribution is 9.10. The molecule has 2 N–H and O–H groups in total. The summed E-state index contributed by atoms with van der Waals surface area (Å²) in [5, 5.41) is 12.9. The number of carbonyl (C=O) groups is 4. The number of nitrogens with zero attached hydrogens (tertiary/aromatic N) is 5. The molecule has 0 spiro atoms. The van der Waals surface area contributed by atoms with Gasteiger partial charge in [-0.3, -0.25) is 9.59 Å². The van der Waals surface area contributed by atoms with Gasteiger partial charge < -0.3 is 34.4 Å². The van der Waals surface area contributed by atoms with Crippen molar-refractivity contribution in [2.45, 2.75) is 137 Å². The summed E-state index contributed by atoms with van der Waals surface area (Å²) in [4.78, 5) is 66.3. The van der Waals surface area contributed by atoms with Gasteiger partial charge in [-0.2, -0.15) is 26.3 Å². The fourth-order valence-corrected chi connectivity index (χ4v) is 10.1. The summed E-state index contributed by atoms with van der Waals surface area (Å²) in [6.07, 6.45) is -1.51. The number of aryl methyl sites for hydroxylation is 1. The second kappa shape index (κ2) is 27.0. The van der Waals surface area contributed by atoms with Gasteiger partial charge in [-0.15, -0.1) is 11.6 Å². The Hall–Kier alpha value is -6.62. The molecule has 2 aliphatic rings. The Balaban J connectivity index is 0.000000265. The van der Waals surface area contributed by atoms with Crippen LogP contribution >= 0.6 is 27.5 Å². The molecule has 0 radical (unpaired) electrons. The van der Waals surface area contributed by atoms with Crippen molar-refractivity contribution in [2.75, 3.05) is 22.2 Å². The number of hydrogen-bond donors (Lipinski definition) is 2. The van der Waals surface area contributed by atoms with Gasteiger partial charge in [0.05, 0.1) is 34.1 Å². The molecule has 0 bridgehead atoms. The third-order valence-electron chi connectivity index (χ3n) is 13.9. The summed E-state index contributed by atoms with van der Waals surface area (Å²) in [5.41, 5.74) is -2.54. The zero-order chi connectivity index (χ0) is 59.8. The number of carboxylic acids is 1. The maximum atomic E-state index is 15.5. The van der Waals surface area contributed by atoms with Crippen molar-refractivity contribution < 1.29 is 73.6 Å². The Kier molecular flexibility index (Phi) is 21.2. The van der Waals surface area contributed by atoms with Gasteiger partial charge in [0.1, 0.15) is 16.9 Å². The number of methoxy groups -OCH3 is 1. The van der Waals surface area contributed by atoms with Gasteiger partial charge >= 0.3 is 24.3 Å². The molecule has 438 valence electrons. The predicted octanol–water partition coefficient (Wildman–Crippen LogP) is 15.5. The largest absolute Gasteiger partial charge is 0.478 e. The molecule has 0 saturated heterocycles. The topological polar surface area (TPSA) is 173 Å². The molecule has 2 aliphatic carbocycles. The molecule has 5 aromatic rings. The number of nitrogens with one attached hydrogen (secondary N) is 1. The highest BCUT2D eigenvalue weighted by atomic mass is 79.9. The lowest BCUT2D eigenvalue weighted by molar-refractivity contribution is -0.139. The van der Waals surface area contributed by atoms with E-state index in [0.29, 0.717) is 53.5 Å². The van der Waals surface area contributed by atoms with Gasteiger partial charge in [0, 0.05) is 78.7 Å². The number of halogens is 10. The molecular formula is C57H62BrClF8N6O8. The van der Waals surface area contributed by atoms with Crippen LogP contribution in [0.4, 0.5) is 52.3 Å². The molecule has 0 unspecified atom stereocenters. The van der Waals surface area contributed by atoms with Gasteiger partial charge in [-0.05, 0) is 149 Å². The lowest BCUT2D eigenvalue weighted by Gasteiger charge is -2.34. The van der Waals surface area contributed by atoms with Crippen LogP contribution in [-0.4, -0.2) is 63.0 Å². The predicted molar refractivity (Wildman–Crippen MR) is 291 cm³/mol. The number of carboxylic acid groups (broad SMARTS) is 1. The lowest BCUT2D eigenvalue weighted by Crippen LogP contribution is -2.43. The van der Waals surface area contributed by atoms with Crippen molar-refractivity contribution >= 4 is 68.5 Å². The van der Waals surface area contributed by atoms with Crippen LogP contribution in [-0.2, 0) is 39.1 Å². The van der Waals surface area contributed by atoms with Crippen LogP contribution in [0.25, 0.3) is 0 Å². The fourth-order valence-electron chi connectivity index (χ4n) is 9.58. The number of ether oxygens (including phenoxy) is 3. The monoisotopic (exact) mass is 1220 g/mol. The highest BCUT2D eigenvalue weighted by Crippen LogP contribution is 2.43. The normalized spacial score (nSPS) is 17.4. The zero-order valence-electron chi connectivity index (χ0n) is 45.6.